The molecule has 0 saturated heterocycles. The van der Waals surface area contributed by atoms with Gasteiger partial charge < -0.3 is 10.1 Å². The van der Waals surface area contributed by atoms with Crippen LogP contribution in [0.5, 0.6) is 0 Å². The second-order valence-electron chi connectivity index (χ2n) is 4.29. The number of amides is 1. The molecule has 0 unspecified atom stereocenters. The van der Waals surface area contributed by atoms with Crippen LogP contribution in [0.1, 0.15) is 32.1 Å². The minimum atomic E-state index is -4.30. The van der Waals surface area contributed by atoms with Crippen LogP contribution in [-0.2, 0) is 9.53 Å². The molecule has 6 heteroatoms. The molecule has 0 spiro atoms. The molecule has 3 nitrogen and oxygen atoms in total. The highest BCUT2D eigenvalue weighted by molar-refractivity contribution is 5.78. The normalized spacial score (nSPS) is 18.1. The van der Waals surface area contributed by atoms with E-state index in [1.54, 1.807) is 0 Å². The number of rotatable bonds is 5. The molecule has 1 saturated carbocycles. The maximum atomic E-state index is 11.7. The van der Waals surface area contributed by atoms with Crippen LogP contribution in [0.2, 0.25) is 0 Å². The quantitative estimate of drug-likeness (QED) is 0.763. The summed E-state index contributed by atoms with van der Waals surface area (Å²) in [5.74, 6) is -0.0216. The molecule has 1 rings (SSSR count). The Labute approximate surface area is 98.7 Å². The van der Waals surface area contributed by atoms with E-state index in [2.05, 4.69) is 10.1 Å². The second kappa shape index (κ2) is 6.83. The van der Waals surface area contributed by atoms with E-state index in [4.69, 9.17) is 0 Å². The van der Waals surface area contributed by atoms with Crippen LogP contribution >= 0.6 is 0 Å². The summed E-state index contributed by atoms with van der Waals surface area (Å²) in [6, 6.07) is 0. The molecule has 17 heavy (non-hydrogen) atoms. The fourth-order valence-corrected chi connectivity index (χ4v) is 1.94. The third-order valence-corrected chi connectivity index (χ3v) is 2.79. The lowest BCUT2D eigenvalue weighted by Crippen LogP contribution is -2.34. The van der Waals surface area contributed by atoms with Crippen molar-refractivity contribution in [1.29, 1.82) is 0 Å². The SMILES string of the molecule is O=C(NCCOCC(F)(F)F)C1CCCCC1. The Morgan fingerprint density at radius 1 is 1.24 bits per heavy atom. The third kappa shape index (κ3) is 6.51. The number of ether oxygens (including phenoxy) is 1. The topological polar surface area (TPSA) is 38.3 Å². The van der Waals surface area contributed by atoms with Gasteiger partial charge in [0.1, 0.15) is 6.61 Å². The highest BCUT2D eigenvalue weighted by atomic mass is 19.4. The average molecular weight is 253 g/mol. The van der Waals surface area contributed by atoms with Gasteiger partial charge in [-0.2, -0.15) is 13.2 Å². The van der Waals surface area contributed by atoms with Gasteiger partial charge in [-0.3, -0.25) is 4.79 Å². The Kier molecular flexibility index (Phi) is 5.74. The summed E-state index contributed by atoms with van der Waals surface area (Å²) < 4.78 is 39.6. The number of carbonyl (C=O) groups excluding carboxylic acids is 1. The number of halogens is 3. The van der Waals surface area contributed by atoms with Crippen molar-refractivity contribution in [2.24, 2.45) is 5.92 Å². The predicted molar refractivity (Wildman–Crippen MR) is 56.5 cm³/mol. The summed E-state index contributed by atoms with van der Waals surface area (Å²) in [6.07, 6.45) is 0.752. The van der Waals surface area contributed by atoms with Crippen molar-refractivity contribution in [3.63, 3.8) is 0 Å². The third-order valence-electron chi connectivity index (χ3n) is 2.79. The standard InChI is InChI=1S/C11H18F3NO2/c12-11(13,14)8-17-7-6-15-10(16)9-4-2-1-3-5-9/h9H,1-8H2,(H,15,16). The van der Waals surface area contributed by atoms with Crippen LogP contribution in [0.15, 0.2) is 0 Å². The highest BCUT2D eigenvalue weighted by Gasteiger charge is 2.27. The van der Waals surface area contributed by atoms with Crippen LogP contribution < -0.4 is 5.32 Å². The van der Waals surface area contributed by atoms with Gasteiger partial charge in [0.15, 0.2) is 0 Å². The first kappa shape index (κ1) is 14.3. The molecular weight excluding hydrogens is 235 g/mol. The van der Waals surface area contributed by atoms with Gasteiger partial charge in [-0.25, -0.2) is 0 Å². The van der Waals surface area contributed by atoms with Gasteiger partial charge in [-0.05, 0) is 12.8 Å². The van der Waals surface area contributed by atoms with Crippen LogP contribution in [0.4, 0.5) is 13.2 Å². The maximum Gasteiger partial charge on any atom is 0.411 e. The zero-order valence-electron chi connectivity index (χ0n) is 9.68. The molecule has 1 aliphatic rings. The van der Waals surface area contributed by atoms with Crippen LogP contribution in [-0.4, -0.2) is 31.8 Å². The lowest BCUT2D eigenvalue weighted by Gasteiger charge is -2.20. The van der Waals surface area contributed by atoms with Gasteiger partial charge in [-0.1, -0.05) is 19.3 Å². The minimum absolute atomic E-state index is 0.0337. The van der Waals surface area contributed by atoms with E-state index in [1.165, 1.54) is 6.42 Å². The number of alkyl halides is 3. The second-order valence-corrected chi connectivity index (χ2v) is 4.29. The lowest BCUT2D eigenvalue weighted by atomic mass is 9.89. The molecule has 0 aromatic carbocycles. The van der Waals surface area contributed by atoms with Crippen molar-refractivity contribution < 1.29 is 22.7 Å². The van der Waals surface area contributed by atoms with Gasteiger partial charge in [0.25, 0.3) is 0 Å². The maximum absolute atomic E-state index is 11.7. The van der Waals surface area contributed by atoms with E-state index in [0.717, 1.165) is 25.7 Å². The zero-order valence-corrected chi connectivity index (χ0v) is 9.68. The molecule has 1 fully saturated rings. The largest absolute Gasteiger partial charge is 0.411 e. The molecule has 0 aromatic rings. The van der Waals surface area contributed by atoms with E-state index >= 15 is 0 Å². The summed E-state index contributed by atoms with van der Waals surface area (Å²) in [5.41, 5.74) is 0. The van der Waals surface area contributed by atoms with Crippen molar-refractivity contribution >= 4 is 5.91 Å². The van der Waals surface area contributed by atoms with Gasteiger partial charge in [0.2, 0.25) is 5.91 Å². The van der Waals surface area contributed by atoms with Gasteiger partial charge in [0, 0.05) is 12.5 Å². The fourth-order valence-electron chi connectivity index (χ4n) is 1.94. The van der Waals surface area contributed by atoms with Crippen molar-refractivity contribution in [3.8, 4) is 0 Å². The summed E-state index contributed by atoms with van der Waals surface area (Å²) in [7, 11) is 0. The van der Waals surface area contributed by atoms with E-state index in [-0.39, 0.29) is 25.0 Å². The Bertz CT molecular complexity index is 237. The molecule has 0 aromatic heterocycles. The van der Waals surface area contributed by atoms with Crippen molar-refractivity contribution in [2.75, 3.05) is 19.8 Å². The molecule has 0 aliphatic heterocycles. The van der Waals surface area contributed by atoms with Gasteiger partial charge in [0.05, 0.1) is 6.61 Å². The summed E-state index contributed by atoms with van der Waals surface area (Å²) >= 11 is 0. The number of hydrogen-bond donors (Lipinski definition) is 1. The summed E-state index contributed by atoms with van der Waals surface area (Å²) in [5, 5.41) is 2.61. The summed E-state index contributed by atoms with van der Waals surface area (Å²) in [6.45, 7) is -1.21. The molecule has 0 atom stereocenters. The van der Waals surface area contributed by atoms with Crippen molar-refractivity contribution in [3.05, 3.63) is 0 Å². The van der Waals surface area contributed by atoms with Gasteiger partial charge >= 0.3 is 6.18 Å². The molecule has 0 bridgehead atoms. The van der Waals surface area contributed by atoms with Crippen LogP contribution in [0, 0.1) is 5.92 Å². The van der Waals surface area contributed by atoms with Crippen molar-refractivity contribution in [1.82, 2.24) is 5.32 Å². The number of nitrogens with one attached hydrogen (secondary N) is 1. The Morgan fingerprint density at radius 3 is 2.47 bits per heavy atom. The molecular formula is C11H18F3NO2. The fraction of sp³-hybridized carbons (Fsp3) is 0.909. The zero-order chi connectivity index (χ0) is 12.7. The van der Waals surface area contributed by atoms with Crippen LogP contribution in [0.3, 0.4) is 0 Å². The first-order chi connectivity index (χ1) is 7.99. The highest BCUT2D eigenvalue weighted by Crippen LogP contribution is 2.23. The van der Waals surface area contributed by atoms with E-state index in [9.17, 15) is 18.0 Å². The smallest absolute Gasteiger partial charge is 0.370 e. The molecule has 1 N–H and O–H groups in total. The Balaban J connectivity index is 2.04. The molecule has 1 aliphatic carbocycles. The predicted octanol–water partition coefficient (Wildman–Crippen LogP) is 2.26. The van der Waals surface area contributed by atoms with E-state index < -0.39 is 12.8 Å². The van der Waals surface area contributed by atoms with Crippen molar-refractivity contribution in [2.45, 2.75) is 38.3 Å². The van der Waals surface area contributed by atoms with Crippen LogP contribution in [0.25, 0.3) is 0 Å². The number of hydrogen-bond acceptors (Lipinski definition) is 2. The number of carbonyl (C=O) groups is 1. The molecule has 0 radical (unpaired) electrons. The average Bonchev–Trinajstić information content (AvgIpc) is 2.28. The first-order valence-corrected chi connectivity index (χ1v) is 5.91. The van der Waals surface area contributed by atoms with Gasteiger partial charge in [-0.15, -0.1) is 0 Å². The Hall–Kier alpha value is -0.780. The monoisotopic (exact) mass is 253 g/mol. The first-order valence-electron chi connectivity index (χ1n) is 5.91. The molecule has 1 amide bonds. The van der Waals surface area contributed by atoms with E-state index in [0.29, 0.717) is 0 Å². The lowest BCUT2D eigenvalue weighted by molar-refractivity contribution is -0.173. The minimum Gasteiger partial charge on any atom is -0.370 e. The molecule has 100 valence electrons. The Morgan fingerprint density at radius 2 is 1.88 bits per heavy atom. The molecule has 0 heterocycles. The summed E-state index contributed by atoms with van der Waals surface area (Å²) in [4.78, 5) is 11.6. The van der Waals surface area contributed by atoms with E-state index in [1.807, 2.05) is 0 Å².